The molecule has 0 radical (unpaired) electrons. The summed E-state index contributed by atoms with van der Waals surface area (Å²) in [4.78, 5) is 12.6. The maximum atomic E-state index is 12.6. The van der Waals surface area contributed by atoms with Gasteiger partial charge in [0.15, 0.2) is 11.5 Å². The summed E-state index contributed by atoms with van der Waals surface area (Å²) >= 11 is 12.1. The molecule has 0 saturated heterocycles. The van der Waals surface area contributed by atoms with E-state index < -0.39 is 0 Å². The Labute approximate surface area is 185 Å². The average molecular weight is 448 g/mol. The molecule has 3 rings (SSSR count). The van der Waals surface area contributed by atoms with Crippen molar-refractivity contribution in [1.82, 2.24) is 15.1 Å². The van der Waals surface area contributed by atoms with E-state index in [9.17, 15) is 4.79 Å². The lowest BCUT2D eigenvalue weighted by molar-refractivity contribution is -0.120. The number of nitrogens with one attached hydrogen (secondary N) is 1. The normalized spacial score (nSPS) is 10.7. The van der Waals surface area contributed by atoms with Crippen molar-refractivity contribution in [3.63, 3.8) is 0 Å². The van der Waals surface area contributed by atoms with Crippen molar-refractivity contribution in [1.29, 1.82) is 0 Å². The molecule has 158 valence electrons. The van der Waals surface area contributed by atoms with E-state index in [2.05, 4.69) is 10.4 Å². The van der Waals surface area contributed by atoms with Crippen LogP contribution in [0.2, 0.25) is 10.0 Å². The fraction of sp³-hybridized carbons (Fsp3) is 0.273. The van der Waals surface area contributed by atoms with Crippen molar-refractivity contribution in [2.75, 3.05) is 14.2 Å². The van der Waals surface area contributed by atoms with E-state index in [0.29, 0.717) is 28.1 Å². The van der Waals surface area contributed by atoms with Crippen LogP contribution in [0.1, 0.15) is 22.5 Å². The number of amides is 1. The molecule has 0 atom stereocenters. The Morgan fingerprint density at radius 2 is 1.87 bits per heavy atom. The van der Waals surface area contributed by atoms with Gasteiger partial charge in [0.1, 0.15) is 0 Å². The molecule has 1 heterocycles. The molecule has 0 aliphatic carbocycles. The second kappa shape index (κ2) is 9.41. The van der Waals surface area contributed by atoms with Crippen LogP contribution in [0.5, 0.6) is 11.5 Å². The van der Waals surface area contributed by atoms with E-state index in [0.717, 1.165) is 28.2 Å². The van der Waals surface area contributed by atoms with Gasteiger partial charge in [0.05, 0.1) is 42.1 Å². The highest BCUT2D eigenvalue weighted by atomic mass is 35.5. The lowest BCUT2D eigenvalue weighted by Gasteiger charge is -2.13. The molecule has 30 heavy (non-hydrogen) atoms. The van der Waals surface area contributed by atoms with Gasteiger partial charge in [-0.1, -0.05) is 35.3 Å². The minimum absolute atomic E-state index is 0.111. The van der Waals surface area contributed by atoms with Crippen molar-refractivity contribution in [2.45, 2.75) is 26.8 Å². The molecule has 0 unspecified atom stereocenters. The summed E-state index contributed by atoms with van der Waals surface area (Å²) in [6.45, 7) is 4.14. The van der Waals surface area contributed by atoms with Gasteiger partial charge in [0.2, 0.25) is 5.91 Å². The molecule has 0 fully saturated rings. The SMILES string of the molecule is COc1cccc(CNC(=O)Cc2c(C)nn(-c3ccc(Cl)c(Cl)c3)c2C)c1OC. The van der Waals surface area contributed by atoms with Gasteiger partial charge >= 0.3 is 0 Å². The molecule has 1 N–H and O–H groups in total. The summed E-state index contributed by atoms with van der Waals surface area (Å²) in [5.41, 5.74) is 4.16. The highest BCUT2D eigenvalue weighted by Gasteiger charge is 2.17. The van der Waals surface area contributed by atoms with E-state index in [1.54, 1.807) is 31.0 Å². The summed E-state index contributed by atoms with van der Waals surface area (Å²) in [6.07, 6.45) is 0.214. The van der Waals surface area contributed by atoms with Gasteiger partial charge in [-0.3, -0.25) is 4.79 Å². The molecule has 1 amide bonds. The van der Waals surface area contributed by atoms with Crippen LogP contribution < -0.4 is 14.8 Å². The number of para-hydroxylation sites is 1. The maximum absolute atomic E-state index is 12.6. The number of hydrogen-bond donors (Lipinski definition) is 1. The smallest absolute Gasteiger partial charge is 0.224 e. The van der Waals surface area contributed by atoms with Gasteiger partial charge in [-0.15, -0.1) is 0 Å². The number of ether oxygens (including phenoxy) is 2. The van der Waals surface area contributed by atoms with Crippen molar-refractivity contribution in [3.8, 4) is 17.2 Å². The fourth-order valence-corrected chi connectivity index (χ4v) is 3.60. The molecule has 2 aromatic carbocycles. The average Bonchev–Trinajstić information content (AvgIpc) is 3.02. The van der Waals surface area contributed by atoms with Crippen molar-refractivity contribution in [2.24, 2.45) is 0 Å². The molecule has 0 spiro atoms. The number of aryl methyl sites for hydroxylation is 1. The largest absolute Gasteiger partial charge is 0.493 e. The first-order valence-corrected chi connectivity index (χ1v) is 10.1. The van der Waals surface area contributed by atoms with E-state index in [1.165, 1.54) is 0 Å². The third-order valence-corrected chi connectivity index (χ3v) is 5.63. The zero-order valence-corrected chi connectivity index (χ0v) is 18.8. The van der Waals surface area contributed by atoms with Crippen LogP contribution in [-0.4, -0.2) is 29.9 Å². The van der Waals surface area contributed by atoms with Gasteiger partial charge < -0.3 is 14.8 Å². The Morgan fingerprint density at radius 1 is 1.10 bits per heavy atom. The van der Waals surface area contributed by atoms with Crippen LogP contribution in [0.25, 0.3) is 5.69 Å². The summed E-state index contributed by atoms with van der Waals surface area (Å²) in [5, 5.41) is 8.45. The van der Waals surface area contributed by atoms with Crippen LogP contribution in [0.15, 0.2) is 36.4 Å². The highest BCUT2D eigenvalue weighted by Crippen LogP contribution is 2.30. The van der Waals surface area contributed by atoms with E-state index in [1.807, 2.05) is 38.1 Å². The molecule has 0 saturated carbocycles. The molecule has 1 aromatic heterocycles. The third-order valence-electron chi connectivity index (χ3n) is 4.89. The predicted molar refractivity (Wildman–Crippen MR) is 118 cm³/mol. The highest BCUT2D eigenvalue weighted by molar-refractivity contribution is 6.42. The van der Waals surface area contributed by atoms with Crippen LogP contribution in [0.3, 0.4) is 0 Å². The molecule has 6 nitrogen and oxygen atoms in total. The van der Waals surface area contributed by atoms with E-state index >= 15 is 0 Å². The van der Waals surface area contributed by atoms with E-state index in [4.69, 9.17) is 32.7 Å². The molecular formula is C22H23Cl2N3O3. The minimum atomic E-state index is -0.111. The van der Waals surface area contributed by atoms with Gasteiger partial charge in [-0.2, -0.15) is 5.10 Å². The van der Waals surface area contributed by atoms with E-state index in [-0.39, 0.29) is 12.3 Å². The lowest BCUT2D eigenvalue weighted by Crippen LogP contribution is -2.25. The van der Waals surface area contributed by atoms with Crippen LogP contribution in [-0.2, 0) is 17.8 Å². The van der Waals surface area contributed by atoms with Crippen molar-refractivity contribution in [3.05, 3.63) is 69.0 Å². The Hall–Kier alpha value is -2.70. The molecule has 3 aromatic rings. The number of hydrogen-bond acceptors (Lipinski definition) is 4. The third kappa shape index (κ3) is 4.55. The number of benzene rings is 2. The standard InChI is InChI=1S/C22H23Cl2N3O3/c1-13-17(14(2)27(26-13)16-8-9-18(23)19(24)10-16)11-21(28)25-12-15-6-5-7-20(29-3)22(15)30-4/h5-10H,11-12H2,1-4H3,(H,25,28). The number of halogens is 2. The number of methoxy groups -OCH3 is 2. The summed E-state index contributed by atoms with van der Waals surface area (Å²) in [7, 11) is 3.16. The second-order valence-corrected chi connectivity index (χ2v) is 7.58. The van der Waals surface area contributed by atoms with Crippen LogP contribution in [0.4, 0.5) is 0 Å². The quantitative estimate of drug-likeness (QED) is 0.571. The van der Waals surface area contributed by atoms with Gasteiger partial charge in [-0.25, -0.2) is 4.68 Å². The molecule has 0 bridgehead atoms. The minimum Gasteiger partial charge on any atom is -0.493 e. The Kier molecular flexibility index (Phi) is 6.90. The Morgan fingerprint density at radius 3 is 2.53 bits per heavy atom. The monoisotopic (exact) mass is 447 g/mol. The number of carbonyl (C=O) groups is 1. The maximum Gasteiger partial charge on any atom is 0.224 e. The first-order valence-electron chi connectivity index (χ1n) is 9.32. The lowest BCUT2D eigenvalue weighted by atomic mass is 10.1. The van der Waals surface area contributed by atoms with Crippen molar-refractivity contribution >= 4 is 29.1 Å². The summed E-state index contributed by atoms with van der Waals surface area (Å²) < 4.78 is 12.5. The first kappa shape index (κ1) is 22.0. The first-order chi connectivity index (χ1) is 14.3. The Balaban J connectivity index is 1.75. The van der Waals surface area contributed by atoms with Crippen LogP contribution >= 0.6 is 23.2 Å². The van der Waals surface area contributed by atoms with Gasteiger partial charge in [-0.05, 0) is 38.1 Å². The zero-order valence-electron chi connectivity index (χ0n) is 17.3. The summed E-state index contributed by atoms with van der Waals surface area (Å²) in [6, 6.07) is 10.9. The van der Waals surface area contributed by atoms with Gasteiger partial charge in [0.25, 0.3) is 0 Å². The van der Waals surface area contributed by atoms with Gasteiger partial charge in [0, 0.05) is 23.4 Å². The number of carbonyl (C=O) groups excluding carboxylic acids is 1. The predicted octanol–water partition coefficient (Wildman–Crippen LogP) is 4.67. The topological polar surface area (TPSA) is 65.4 Å². The number of nitrogens with zero attached hydrogens (tertiary/aromatic N) is 2. The molecule has 0 aliphatic rings. The molecule has 8 heteroatoms. The number of rotatable bonds is 7. The van der Waals surface area contributed by atoms with Crippen molar-refractivity contribution < 1.29 is 14.3 Å². The number of aromatic nitrogens is 2. The fourth-order valence-electron chi connectivity index (χ4n) is 3.31. The molecular weight excluding hydrogens is 425 g/mol. The second-order valence-electron chi connectivity index (χ2n) is 6.77. The summed E-state index contributed by atoms with van der Waals surface area (Å²) in [5.74, 6) is 1.12. The molecule has 0 aliphatic heterocycles. The van der Waals surface area contributed by atoms with Crippen LogP contribution in [0, 0.1) is 13.8 Å². The zero-order chi connectivity index (χ0) is 21.8. The Bertz CT molecular complexity index is 1080.